The average molecular weight is 349 g/mol. The maximum Gasteiger partial charge on any atom is 0.339 e. The average Bonchev–Trinajstić information content (AvgIpc) is 2.55. The largest absolute Gasteiger partial charge is 0.493 e. The van der Waals surface area contributed by atoms with Gasteiger partial charge in [0.15, 0.2) is 11.5 Å². The molecule has 0 aromatic heterocycles. The SMILES string of the molecule is CON=Cc1ccc(OS(=O)(=O)c2cc(C)ccc2C)c(OC)c1. The predicted molar refractivity (Wildman–Crippen MR) is 91.3 cm³/mol. The van der Waals surface area contributed by atoms with Gasteiger partial charge in [0.05, 0.1) is 13.3 Å². The number of methoxy groups -OCH3 is 1. The first-order valence-electron chi connectivity index (χ1n) is 7.13. The molecule has 0 saturated heterocycles. The van der Waals surface area contributed by atoms with Crippen LogP contribution in [0.25, 0.3) is 0 Å². The highest BCUT2D eigenvalue weighted by molar-refractivity contribution is 7.87. The molecular weight excluding hydrogens is 330 g/mol. The quantitative estimate of drug-likeness (QED) is 0.455. The molecule has 0 bridgehead atoms. The first-order valence-corrected chi connectivity index (χ1v) is 8.54. The summed E-state index contributed by atoms with van der Waals surface area (Å²) in [5.74, 6) is 0.386. The Hall–Kier alpha value is -2.54. The zero-order chi connectivity index (χ0) is 17.7. The molecule has 0 aliphatic heterocycles. The number of benzene rings is 2. The zero-order valence-electron chi connectivity index (χ0n) is 13.9. The Morgan fingerprint density at radius 2 is 1.75 bits per heavy atom. The number of hydrogen-bond donors (Lipinski definition) is 0. The molecule has 0 N–H and O–H groups in total. The number of ether oxygens (including phenoxy) is 1. The molecule has 0 fully saturated rings. The van der Waals surface area contributed by atoms with Gasteiger partial charge in [0, 0.05) is 5.56 Å². The summed E-state index contributed by atoms with van der Waals surface area (Å²) in [6.45, 7) is 3.54. The summed E-state index contributed by atoms with van der Waals surface area (Å²) in [4.78, 5) is 4.75. The highest BCUT2D eigenvalue weighted by Gasteiger charge is 2.21. The molecule has 0 radical (unpaired) electrons. The van der Waals surface area contributed by atoms with Gasteiger partial charge in [-0.05, 0) is 49.2 Å². The smallest absolute Gasteiger partial charge is 0.339 e. The molecule has 128 valence electrons. The Morgan fingerprint density at radius 1 is 1.00 bits per heavy atom. The lowest BCUT2D eigenvalue weighted by Crippen LogP contribution is -2.12. The van der Waals surface area contributed by atoms with E-state index in [1.54, 1.807) is 31.2 Å². The van der Waals surface area contributed by atoms with E-state index in [4.69, 9.17) is 8.92 Å². The van der Waals surface area contributed by atoms with Crippen LogP contribution in [0.2, 0.25) is 0 Å². The van der Waals surface area contributed by atoms with E-state index in [9.17, 15) is 8.42 Å². The highest BCUT2D eigenvalue weighted by atomic mass is 32.2. The Labute approximate surface area is 141 Å². The maximum atomic E-state index is 12.6. The van der Waals surface area contributed by atoms with Crippen LogP contribution in [0.15, 0.2) is 46.4 Å². The fraction of sp³-hybridized carbons (Fsp3) is 0.235. The fourth-order valence-electron chi connectivity index (χ4n) is 2.09. The lowest BCUT2D eigenvalue weighted by atomic mass is 10.2. The van der Waals surface area contributed by atoms with Crippen LogP contribution in [-0.4, -0.2) is 28.9 Å². The number of aryl methyl sites for hydroxylation is 2. The van der Waals surface area contributed by atoms with Crippen LogP contribution in [0.1, 0.15) is 16.7 Å². The van der Waals surface area contributed by atoms with Crippen molar-refractivity contribution in [3.05, 3.63) is 53.1 Å². The van der Waals surface area contributed by atoms with Crippen molar-refractivity contribution in [1.29, 1.82) is 0 Å². The molecule has 7 heteroatoms. The molecule has 0 unspecified atom stereocenters. The van der Waals surface area contributed by atoms with E-state index in [1.165, 1.54) is 26.5 Å². The first-order chi connectivity index (χ1) is 11.4. The summed E-state index contributed by atoms with van der Waals surface area (Å²) in [6.07, 6.45) is 1.48. The lowest BCUT2D eigenvalue weighted by Gasteiger charge is -2.13. The molecule has 2 rings (SSSR count). The van der Waals surface area contributed by atoms with Crippen LogP contribution in [0.4, 0.5) is 0 Å². The number of hydrogen-bond acceptors (Lipinski definition) is 6. The Bertz CT molecular complexity index is 859. The Kier molecular flexibility index (Phi) is 5.46. The lowest BCUT2D eigenvalue weighted by molar-refractivity contribution is 0.215. The van der Waals surface area contributed by atoms with E-state index in [2.05, 4.69) is 9.99 Å². The van der Waals surface area contributed by atoms with Gasteiger partial charge in [-0.3, -0.25) is 0 Å². The molecule has 24 heavy (non-hydrogen) atoms. The van der Waals surface area contributed by atoms with Crippen molar-refractivity contribution in [3.8, 4) is 11.5 Å². The normalized spacial score (nSPS) is 11.5. The van der Waals surface area contributed by atoms with Gasteiger partial charge in [-0.25, -0.2) is 0 Å². The summed E-state index contributed by atoms with van der Waals surface area (Å²) in [7, 11) is -1.10. The molecule has 2 aromatic carbocycles. The van der Waals surface area contributed by atoms with Crippen molar-refractivity contribution in [2.45, 2.75) is 18.7 Å². The molecule has 2 aromatic rings. The second-order valence-electron chi connectivity index (χ2n) is 5.13. The minimum atomic E-state index is -3.97. The van der Waals surface area contributed by atoms with Crippen molar-refractivity contribution >= 4 is 16.3 Å². The van der Waals surface area contributed by atoms with Gasteiger partial charge < -0.3 is 13.8 Å². The van der Waals surface area contributed by atoms with Crippen LogP contribution in [-0.2, 0) is 15.0 Å². The molecule has 0 spiro atoms. The third kappa shape index (κ3) is 4.05. The van der Waals surface area contributed by atoms with Gasteiger partial charge in [-0.1, -0.05) is 17.3 Å². The van der Waals surface area contributed by atoms with E-state index in [0.29, 0.717) is 11.1 Å². The third-order valence-corrected chi connectivity index (χ3v) is 4.68. The van der Waals surface area contributed by atoms with Gasteiger partial charge in [-0.15, -0.1) is 0 Å². The van der Waals surface area contributed by atoms with E-state index in [1.807, 2.05) is 13.0 Å². The van der Waals surface area contributed by atoms with Crippen molar-refractivity contribution in [3.63, 3.8) is 0 Å². The number of nitrogens with zero attached hydrogens (tertiary/aromatic N) is 1. The second-order valence-corrected chi connectivity index (χ2v) is 6.65. The highest BCUT2D eigenvalue weighted by Crippen LogP contribution is 2.31. The summed E-state index contributed by atoms with van der Waals surface area (Å²) in [5.41, 5.74) is 2.13. The van der Waals surface area contributed by atoms with E-state index < -0.39 is 10.1 Å². The summed E-state index contributed by atoms with van der Waals surface area (Å²) >= 11 is 0. The molecular formula is C17H19NO5S. The molecule has 0 aliphatic carbocycles. The van der Waals surface area contributed by atoms with E-state index in [0.717, 1.165) is 5.56 Å². The third-order valence-electron chi connectivity index (χ3n) is 3.31. The standard InChI is InChI=1S/C17H19NO5S/c1-12-5-6-13(2)17(9-12)24(19,20)23-15-8-7-14(11-18-22-4)10-16(15)21-3/h5-11H,1-4H3. The molecule has 0 saturated carbocycles. The van der Waals surface area contributed by atoms with E-state index in [-0.39, 0.29) is 16.4 Å². The van der Waals surface area contributed by atoms with Crippen LogP contribution in [0.5, 0.6) is 11.5 Å². The molecule has 0 aliphatic rings. The number of oxime groups is 1. The zero-order valence-corrected chi connectivity index (χ0v) is 14.8. The van der Waals surface area contributed by atoms with Crippen LogP contribution in [0.3, 0.4) is 0 Å². The van der Waals surface area contributed by atoms with Crippen molar-refractivity contribution in [2.24, 2.45) is 5.16 Å². The number of rotatable bonds is 6. The van der Waals surface area contributed by atoms with Crippen LogP contribution >= 0.6 is 0 Å². The molecule has 0 atom stereocenters. The van der Waals surface area contributed by atoms with Crippen molar-refractivity contribution in [2.75, 3.05) is 14.2 Å². The van der Waals surface area contributed by atoms with Gasteiger partial charge in [0.25, 0.3) is 0 Å². The predicted octanol–water partition coefficient (Wildman–Crippen LogP) is 3.06. The van der Waals surface area contributed by atoms with Gasteiger partial charge in [0.1, 0.15) is 12.0 Å². The van der Waals surface area contributed by atoms with Crippen LogP contribution in [0, 0.1) is 13.8 Å². The summed E-state index contributed by atoms with van der Waals surface area (Å²) in [6, 6.07) is 9.94. The minimum absolute atomic E-state index is 0.105. The summed E-state index contributed by atoms with van der Waals surface area (Å²) in [5, 5.41) is 3.65. The van der Waals surface area contributed by atoms with Crippen molar-refractivity contribution < 1.29 is 22.2 Å². The second kappa shape index (κ2) is 7.35. The maximum absolute atomic E-state index is 12.6. The van der Waals surface area contributed by atoms with Gasteiger partial charge in [-0.2, -0.15) is 8.42 Å². The van der Waals surface area contributed by atoms with Gasteiger partial charge in [0.2, 0.25) is 0 Å². The van der Waals surface area contributed by atoms with Crippen LogP contribution < -0.4 is 8.92 Å². The van der Waals surface area contributed by atoms with E-state index >= 15 is 0 Å². The van der Waals surface area contributed by atoms with Gasteiger partial charge >= 0.3 is 10.1 Å². The summed E-state index contributed by atoms with van der Waals surface area (Å²) < 4.78 is 35.6. The fourth-order valence-corrected chi connectivity index (χ4v) is 3.34. The monoisotopic (exact) mass is 349 g/mol. The van der Waals surface area contributed by atoms with Crippen molar-refractivity contribution in [1.82, 2.24) is 0 Å². The Balaban J connectivity index is 2.39. The first kappa shape index (κ1) is 17.8. The minimum Gasteiger partial charge on any atom is -0.493 e. The topological polar surface area (TPSA) is 74.2 Å². The Morgan fingerprint density at radius 3 is 2.42 bits per heavy atom. The molecule has 0 amide bonds. The molecule has 0 heterocycles. The molecule has 6 nitrogen and oxygen atoms in total.